The van der Waals surface area contributed by atoms with Gasteiger partial charge in [0.15, 0.2) is 10.9 Å². The zero-order valence-electron chi connectivity index (χ0n) is 17.0. The van der Waals surface area contributed by atoms with Crippen LogP contribution in [0, 0.1) is 0 Å². The molecule has 1 aromatic carbocycles. The number of thioether (sulfide) groups is 1. The minimum atomic E-state index is 0.0634. The van der Waals surface area contributed by atoms with Crippen molar-refractivity contribution in [3.8, 4) is 11.6 Å². The molecule has 0 N–H and O–H groups in total. The molecule has 1 fully saturated rings. The lowest BCUT2D eigenvalue weighted by Crippen LogP contribution is -2.28. The van der Waals surface area contributed by atoms with Gasteiger partial charge in [-0.3, -0.25) is 9.36 Å². The third kappa shape index (κ3) is 4.81. The lowest BCUT2D eigenvalue weighted by molar-refractivity contribution is -0.127. The Bertz CT molecular complexity index is 983. The highest BCUT2D eigenvalue weighted by molar-refractivity contribution is 9.10. The highest BCUT2D eigenvalue weighted by atomic mass is 79.9. The van der Waals surface area contributed by atoms with Gasteiger partial charge in [0, 0.05) is 24.1 Å². The fraction of sp³-hybridized carbons (Fsp3) is 0.409. The molecule has 1 aliphatic carbocycles. The maximum absolute atomic E-state index is 12.8. The molecule has 2 aromatic heterocycles. The number of halogens is 1. The van der Waals surface area contributed by atoms with E-state index in [0.717, 1.165) is 39.6 Å². The van der Waals surface area contributed by atoms with Crippen molar-refractivity contribution >= 4 is 33.6 Å². The van der Waals surface area contributed by atoms with Crippen molar-refractivity contribution in [3.63, 3.8) is 0 Å². The minimum absolute atomic E-state index is 0.0634. The Morgan fingerprint density at radius 3 is 2.73 bits per heavy atom. The molecule has 0 unspecified atom stereocenters. The first-order chi connectivity index (χ1) is 14.6. The molecule has 0 spiro atoms. The van der Waals surface area contributed by atoms with Gasteiger partial charge in [-0.2, -0.15) is 0 Å². The van der Waals surface area contributed by atoms with E-state index in [2.05, 4.69) is 30.7 Å². The third-order valence-electron chi connectivity index (χ3n) is 5.46. The highest BCUT2D eigenvalue weighted by Crippen LogP contribution is 2.35. The van der Waals surface area contributed by atoms with Crippen molar-refractivity contribution in [2.75, 3.05) is 12.8 Å². The fourth-order valence-electron chi connectivity index (χ4n) is 3.82. The monoisotopic (exact) mass is 488 g/mol. The average molecular weight is 489 g/mol. The molecule has 3 aromatic rings. The molecule has 158 valence electrons. The summed E-state index contributed by atoms with van der Waals surface area (Å²) >= 11 is 5.01. The predicted molar refractivity (Wildman–Crippen MR) is 121 cm³/mol. The molecule has 2 heterocycles. The molecule has 0 bridgehead atoms. The van der Waals surface area contributed by atoms with Crippen molar-refractivity contribution in [2.24, 2.45) is 0 Å². The van der Waals surface area contributed by atoms with E-state index in [9.17, 15) is 4.79 Å². The Morgan fingerprint density at radius 2 is 2.00 bits per heavy atom. The molecule has 0 atom stereocenters. The molecule has 30 heavy (non-hydrogen) atoms. The summed E-state index contributed by atoms with van der Waals surface area (Å²) in [5.74, 6) is 1.86. The Morgan fingerprint density at radius 1 is 1.20 bits per heavy atom. The number of benzene rings is 1. The quantitative estimate of drug-likeness (QED) is 0.407. The zero-order chi connectivity index (χ0) is 20.9. The van der Waals surface area contributed by atoms with E-state index in [4.69, 9.17) is 4.42 Å². The van der Waals surface area contributed by atoms with E-state index in [-0.39, 0.29) is 5.91 Å². The van der Waals surface area contributed by atoms with Crippen LogP contribution in [0.15, 0.2) is 56.7 Å². The summed E-state index contributed by atoms with van der Waals surface area (Å²) < 4.78 is 8.79. The summed E-state index contributed by atoms with van der Waals surface area (Å²) in [6.45, 7) is 0.563. The van der Waals surface area contributed by atoms with Crippen molar-refractivity contribution in [1.29, 1.82) is 0 Å². The number of amides is 1. The van der Waals surface area contributed by atoms with Gasteiger partial charge in [0.05, 0.1) is 12.0 Å². The van der Waals surface area contributed by atoms with Crippen LogP contribution in [0.4, 0.5) is 0 Å². The van der Waals surface area contributed by atoms with Crippen LogP contribution in [0.5, 0.6) is 0 Å². The number of nitrogens with zero attached hydrogens (tertiary/aromatic N) is 4. The van der Waals surface area contributed by atoms with Crippen LogP contribution in [0.25, 0.3) is 11.6 Å². The van der Waals surface area contributed by atoms with Crippen molar-refractivity contribution in [3.05, 3.63) is 52.7 Å². The topological polar surface area (TPSA) is 64.2 Å². The number of hydrogen-bond donors (Lipinski definition) is 0. The van der Waals surface area contributed by atoms with Gasteiger partial charge in [-0.15, -0.1) is 10.2 Å². The smallest absolute Gasteiger partial charge is 0.233 e. The predicted octanol–water partition coefficient (Wildman–Crippen LogP) is 5.56. The Labute approximate surface area is 189 Å². The van der Waals surface area contributed by atoms with Gasteiger partial charge in [0.25, 0.3) is 0 Å². The molecule has 4 rings (SSSR count). The Kier molecular flexibility index (Phi) is 6.94. The number of aromatic nitrogens is 3. The molecule has 6 nitrogen and oxygen atoms in total. The molecule has 0 aliphatic heterocycles. The summed E-state index contributed by atoms with van der Waals surface area (Å²) in [6.07, 6.45) is 7.55. The summed E-state index contributed by atoms with van der Waals surface area (Å²) in [6, 6.07) is 12.1. The number of rotatable bonds is 7. The summed E-state index contributed by atoms with van der Waals surface area (Å²) in [5, 5.41) is 9.61. The van der Waals surface area contributed by atoms with Gasteiger partial charge in [-0.1, -0.05) is 65.2 Å². The van der Waals surface area contributed by atoms with Crippen LogP contribution in [-0.4, -0.2) is 38.4 Å². The number of furan rings is 1. The Balaban J connectivity index is 1.47. The van der Waals surface area contributed by atoms with Gasteiger partial charge in [0.1, 0.15) is 0 Å². The van der Waals surface area contributed by atoms with Gasteiger partial charge >= 0.3 is 0 Å². The summed E-state index contributed by atoms with van der Waals surface area (Å²) in [4.78, 5) is 14.5. The van der Waals surface area contributed by atoms with E-state index < -0.39 is 0 Å². The van der Waals surface area contributed by atoms with Crippen molar-refractivity contribution < 1.29 is 9.21 Å². The van der Waals surface area contributed by atoms with Gasteiger partial charge < -0.3 is 9.32 Å². The number of carbonyl (C=O) groups is 1. The molecule has 1 saturated carbocycles. The van der Waals surface area contributed by atoms with Crippen molar-refractivity contribution in [2.45, 2.75) is 49.8 Å². The number of hydrogen-bond acceptors (Lipinski definition) is 5. The van der Waals surface area contributed by atoms with Crippen LogP contribution < -0.4 is 0 Å². The molecule has 0 radical (unpaired) electrons. The first kappa shape index (κ1) is 21.2. The minimum Gasteiger partial charge on any atom is -0.461 e. The molecule has 1 amide bonds. The van der Waals surface area contributed by atoms with Gasteiger partial charge in [0.2, 0.25) is 11.7 Å². The lowest BCUT2D eigenvalue weighted by Gasteiger charge is -2.25. The van der Waals surface area contributed by atoms with E-state index in [0.29, 0.717) is 18.3 Å². The summed E-state index contributed by atoms with van der Waals surface area (Å²) in [7, 11) is 1.84. The number of carbonyl (C=O) groups excluding carboxylic acids is 1. The van der Waals surface area contributed by atoms with Gasteiger partial charge in [-0.25, -0.2) is 0 Å². The first-order valence-corrected chi connectivity index (χ1v) is 12.0. The van der Waals surface area contributed by atoms with Gasteiger partial charge in [-0.05, 0) is 36.6 Å². The molecule has 1 aliphatic rings. The second-order valence-electron chi connectivity index (χ2n) is 7.58. The highest BCUT2D eigenvalue weighted by Gasteiger charge is 2.25. The first-order valence-electron chi connectivity index (χ1n) is 10.2. The largest absolute Gasteiger partial charge is 0.461 e. The van der Waals surface area contributed by atoms with Crippen LogP contribution in [0.3, 0.4) is 0 Å². The lowest BCUT2D eigenvalue weighted by atomic mass is 9.95. The second-order valence-corrected chi connectivity index (χ2v) is 9.37. The fourth-order valence-corrected chi connectivity index (χ4v) is 5.18. The second kappa shape index (κ2) is 9.83. The molecular formula is C22H25BrN4O2S. The summed E-state index contributed by atoms with van der Waals surface area (Å²) in [5.41, 5.74) is 1.09. The molecular weight excluding hydrogens is 464 g/mol. The average Bonchev–Trinajstić information content (AvgIpc) is 3.44. The van der Waals surface area contributed by atoms with E-state index in [1.54, 1.807) is 11.2 Å². The van der Waals surface area contributed by atoms with E-state index in [1.807, 2.05) is 43.4 Å². The maximum atomic E-state index is 12.8. The van der Waals surface area contributed by atoms with Crippen molar-refractivity contribution in [1.82, 2.24) is 19.7 Å². The maximum Gasteiger partial charge on any atom is 0.233 e. The SMILES string of the molecule is CN(Cc1ccccc1Br)C(=O)CSc1nnc(-c2ccco2)n1C1CCCCC1. The van der Waals surface area contributed by atoms with E-state index >= 15 is 0 Å². The standard InChI is InChI=1S/C22H25BrN4O2S/c1-26(14-16-8-5-6-11-18(16)23)20(28)15-30-22-25-24-21(19-12-7-13-29-19)27(22)17-9-3-2-4-10-17/h5-8,11-13,17H,2-4,9-10,14-15H2,1H3. The van der Waals surface area contributed by atoms with Crippen LogP contribution >= 0.6 is 27.7 Å². The Hall–Kier alpha value is -2.06. The third-order valence-corrected chi connectivity index (χ3v) is 7.16. The molecule has 8 heteroatoms. The zero-order valence-corrected chi connectivity index (χ0v) is 19.4. The van der Waals surface area contributed by atoms with Crippen LogP contribution in [-0.2, 0) is 11.3 Å². The van der Waals surface area contributed by atoms with Crippen LogP contribution in [0.2, 0.25) is 0 Å². The molecule has 0 saturated heterocycles. The van der Waals surface area contributed by atoms with E-state index in [1.165, 1.54) is 31.0 Å². The normalized spacial score (nSPS) is 14.7. The van der Waals surface area contributed by atoms with Crippen LogP contribution in [0.1, 0.15) is 43.7 Å².